The topological polar surface area (TPSA) is 53.6 Å². The van der Waals surface area contributed by atoms with Crippen LogP contribution in [-0.2, 0) is 0 Å². The lowest BCUT2D eigenvalue weighted by atomic mass is 10.3. The third-order valence-corrected chi connectivity index (χ3v) is 1.55. The molecule has 1 aromatic heterocycles. The zero-order valence-corrected chi connectivity index (χ0v) is 6.66. The van der Waals surface area contributed by atoms with Crippen LogP contribution in [-0.4, -0.2) is 15.4 Å². The summed E-state index contributed by atoms with van der Waals surface area (Å²) in [5, 5.41) is 12.5. The van der Waals surface area contributed by atoms with E-state index in [0.717, 1.165) is 0 Å². The van der Waals surface area contributed by atoms with Crippen LogP contribution in [0, 0.1) is 5.82 Å². The standard InChI is InChI=1S/C8H7FN4/c9-6-3-1-2-4-7(6)11-8-5-10-13-12-8/h1-5H,(H2,10,11,12,13). The Morgan fingerprint density at radius 1 is 1.31 bits per heavy atom. The van der Waals surface area contributed by atoms with Gasteiger partial charge in [-0.3, -0.25) is 5.10 Å². The molecule has 0 spiro atoms. The Balaban J connectivity index is 2.24. The summed E-state index contributed by atoms with van der Waals surface area (Å²) in [6.45, 7) is 0. The monoisotopic (exact) mass is 178 g/mol. The summed E-state index contributed by atoms with van der Waals surface area (Å²) in [5.74, 6) is 0.176. The van der Waals surface area contributed by atoms with Crippen LogP contribution in [0.5, 0.6) is 0 Å². The van der Waals surface area contributed by atoms with Crippen LogP contribution in [0.2, 0.25) is 0 Å². The van der Waals surface area contributed by atoms with Gasteiger partial charge in [-0.05, 0) is 12.1 Å². The molecule has 2 N–H and O–H groups in total. The zero-order chi connectivity index (χ0) is 9.10. The largest absolute Gasteiger partial charge is 0.335 e. The fourth-order valence-electron chi connectivity index (χ4n) is 0.963. The Morgan fingerprint density at radius 2 is 2.15 bits per heavy atom. The summed E-state index contributed by atoms with van der Waals surface area (Å²) in [5.41, 5.74) is 0.386. The number of halogens is 1. The van der Waals surface area contributed by atoms with Crippen molar-refractivity contribution in [3.63, 3.8) is 0 Å². The van der Waals surface area contributed by atoms with Crippen LogP contribution < -0.4 is 5.32 Å². The van der Waals surface area contributed by atoms with Crippen LogP contribution in [0.15, 0.2) is 30.5 Å². The van der Waals surface area contributed by atoms with Gasteiger partial charge < -0.3 is 5.32 Å². The van der Waals surface area contributed by atoms with Gasteiger partial charge in [0, 0.05) is 0 Å². The van der Waals surface area contributed by atoms with Gasteiger partial charge in [-0.15, -0.1) is 5.10 Å². The van der Waals surface area contributed by atoms with Gasteiger partial charge in [0.05, 0.1) is 11.9 Å². The highest BCUT2D eigenvalue weighted by atomic mass is 19.1. The maximum atomic E-state index is 13.1. The van der Waals surface area contributed by atoms with Crippen molar-refractivity contribution in [1.29, 1.82) is 0 Å². The van der Waals surface area contributed by atoms with Crippen molar-refractivity contribution in [3.8, 4) is 0 Å². The van der Waals surface area contributed by atoms with Crippen molar-refractivity contribution in [2.24, 2.45) is 0 Å². The van der Waals surface area contributed by atoms with E-state index >= 15 is 0 Å². The molecule has 0 saturated carbocycles. The van der Waals surface area contributed by atoms with Crippen molar-refractivity contribution in [2.75, 3.05) is 5.32 Å². The predicted octanol–water partition coefficient (Wildman–Crippen LogP) is 1.69. The van der Waals surface area contributed by atoms with Gasteiger partial charge in [0.25, 0.3) is 0 Å². The molecule has 0 bridgehead atoms. The first kappa shape index (κ1) is 7.72. The quantitative estimate of drug-likeness (QED) is 0.735. The molecule has 0 aliphatic rings. The Labute approximate surface area is 73.8 Å². The first-order valence-corrected chi connectivity index (χ1v) is 3.74. The van der Waals surface area contributed by atoms with Crippen molar-refractivity contribution >= 4 is 11.5 Å². The number of H-pyrrole nitrogens is 1. The predicted molar refractivity (Wildman–Crippen MR) is 46.1 cm³/mol. The number of hydrogen-bond acceptors (Lipinski definition) is 3. The molecule has 1 aromatic carbocycles. The molecule has 2 rings (SSSR count). The zero-order valence-electron chi connectivity index (χ0n) is 6.66. The maximum absolute atomic E-state index is 13.1. The Bertz CT molecular complexity index is 385. The number of nitrogens with zero attached hydrogens (tertiary/aromatic N) is 2. The minimum absolute atomic E-state index is 0.314. The van der Waals surface area contributed by atoms with Crippen LogP contribution in [0.1, 0.15) is 0 Å². The first-order chi connectivity index (χ1) is 6.36. The van der Waals surface area contributed by atoms with E-state index in [0.29, 0.717) is 11.5 Å². The average molecular weight is 178 g/mol. The second-order valence-electron chi connectivity index (χ2n) is 2.46. The summed E-state index contributed by atoms with van der Waals surface area (Å²) >= 11 is 0. The molecule has 0 amide bonds. The van der Waals surface area contributed by atoms with E-state index in [4.69, 9.17) is 0 Å². The smallest absolute Gasteiger partial charge is 0.172 e. The lowest BCUT2D eigenvalue weighted by Gasteiger charge is -2.01. The third kappa shape index (κ3) is 1.64. The van der Waals surface area contributed by atoms with E-state index in [-0.39, 0.29) is 5.82 Å². The second kappa shape index (κ2) is 3.22. The SMILES string of the molecule is Fc1ccccc1Nc1c[nH]nn1. The van der Waals surface area contributed by atoms with Gasteiger partial charge in [-0.25, -0.2) is 4.39 Å². The molecule has 0 atom stereocenters. The maximum Gasteiger partial charge on any atom is 0.172 e. The third-order valence-electron chi connectivity index (χ3n) is 1.55. The Hall–Kier alpha value is -1.91. The molecule has 1 heterocycles. The first-order valence-electron chi connectivity index (χ1n) is 3.74. The molecule has 0 saturated heterocycles. The molecule has 0 unspecified atom stereocenters. The minimum Gasteiger partial charge on any atom is -0.335 e. The molecule has 5 heteroatoms. The van der Waals surface area contributed by atoms with Crippen molar-refractivity contribution < 1.29 is 4.39 Å². The molecule has 66 valence electrons. The highest BCUT2D eigenvalue weighted by molar-refractivity contribution is 5.55. The van der Waals surface area contributed by atoms with Crippen LogP contribution >= 0.6 is 0 Å². The van der Waals surface area contributed by atoms with Crippen molar-refractivity contribution in [2.45, 2.75) is 0 Å². The van der Waals surface area contributed by atoms with E-state index in [1.165, 1.54) is 6.07 Å². The van der Waals surface area contributed by atoms with E-state index in [2.05, 4.69) is 20.7 Å². The number of hydrogen-bond donors (Lipinski definition) is 2. The number of rotatable bonds is 2. The normalized spacial score (nSPS) is 9.92. The van der Waals surface area contributed by atoms with Crippen molar-refractivity contribution in [1.82, 2.24) is 15.4 Å². The van der Waals surface area contributed by atoms with Gasteiger partial charge in [0.1, 0.15) is 5.82 Å². The number of nitrogens with one attached hydrogen (secondary N) is 2. The summed E-state index contributed by atoms with van der Waals surface area (Å²) < 4.78 is 13.1. The van der Waals surface area contributed by atoms with E-state index in [1.807, 2.05) is 0 Å². The summed E-state index contributed by atoms with van der Waals surface area (Å²) in [4.78, 5) is 0. The lowest BCUT2D eigenvalue weighted by molar-refractivity contribution is 0.632. The highest BCUT2D eigenvalue weighted by Gasteiger charge is 2.01. The van der Waals surface area contributed by atoms with Crippen LogP contribution in [0.4, 0.5) is 15.9 Å². The highest BCUT2D eigenvalue weighted by Crippen LogP contribution is 2.16. The molecular formula is C8H7FN4. The fourth-order valence-corrected chi connectivity index (χ4v) is 0.963. The average Bonchev–Trinajstić information content (AvgIpc) is 2.61. The Kier molecular flexibility index (Phi) is 1.91. The number of para-hydroxylation sites is 1. The fraction of sp³-hybridized carbons (Fsp3) is 0. The molecule has 13 heavy (non-hydrogen) atoms. The molecular weight excluding hydrogens is 171 g/mol. The molecule has 2 aromatic rings. The van der Waals surface area contributed by atoms with Crippen LogP contribution in [0.3, 0.4) is 0 Å². The molecule has 0 aliphatic carbocycles. The summed E-state index contributed by atoms with van der Waals surface area (Å²) in [6, 6.07) is 6.38. The molecule has 0 fully saturated rings. The summed E-state index contributed by atoms with van der Waals surface area (Å²) in [6.07, 6.45) is 1.55. The summed E-state index contributed by atoms with van der Waals surface area (Å²) in [7, 11) is 0. The molecule has 4 nitrogen and oxygen atoms in total. The van der Waals surface area contributed by atoms with E-state index in [9.17, 15) is 4.39 Å². The van der Waals surface area contributed by atoms with Gasteiger partial charge in [-0.2, -0.15) is 0 Å². The number of aromatic nitrogens is 3. The van der Waals surface area contributed by atoms with Gasteiger partial charge in [0.15, 0.2) is 5.82 Å². The van der Waals surface area contributed by atoms with Gasteiger partial charge in [-0.1, -0.05) is 17.3 Å². The number of aromatic amines is 1. The number of anilines is 2. The van der Waals surface area contributed by atoms with Gasteiger partial charge >= 0.3 is 0 Å². The van der Waals surface area contributed by atoms with E-state index in [1.54, 1.807) is 24.4 Å². The van der Waals surface area contributed by atoms with Crippen molar-refractivity contribution in [3.05, 3.63) is 36.3 Å². The second-order valence-corrected chi connectivity index (χ2v) is 2.46. The van der Waals surface area contributed by atoms with Crippen LogP contribution in [0.25, 0.3) is 0 Å². The van der Waals surface area contributed by atoms with E-state index < -0.39 is 0 Å². The molecule has 0 radical (unpaired) electrons. The lowest BCUT2D eigenvalue weighted by Crippen LogP contribution is -1.93. The van der Waals surface area contributed by atoms with Gasteiger partial charge in [0.2, 0.25) is 0 Å². The Morgan fingerprint density at radius 3 is 2.85 bits per heavy atom. The number of benzene rings is 1. The minimum atomic E-state index is -0.314. The molecule has 0 aliphatic heterocycles.